The van der Waals surface area contributed by atoms with Crippen LogP contribution in [0.4, 0.5) is 10.5 Å². The Balaban J connectivity index is 2.01. The molecule has 0 aromatic heterocycles. The Morgan fingerprint density at radius 3 is 2.74 bits per heavy atom. The first-order valence-electron chi connectivity index (χ1n) is 8.32. The molecule has 2 unspecified atom stereocenters. The summed E-state index contributed by atoms with van der Waals surface area (Å²) in [7, 11) is 0. The SMILES string of the molecule is CCCCC(CC)COC(=O)N1CC(C(=O)[O-])c2ccccc21. The minimum atomic E-state index is -1.16. The summed E-state index contributed by atoms with van der Waals surface area (Å²) >= 11 is 0. The number of carboxylic acids is 1. The molecule has 0 N–H and O–H groups in total. The number of carbonyl (C=O) groups excluding carboxylic acids is 2. The van der Waals surface area contributed by atoms with E-state index in [2.05, 4.69) is 13.8 Å². The molecule has 2 rings (SSSR count). The first kappa shape index (κ1) is 17.3. The van der Waals surface area contributed by atoms with Gasteiger partial charge in [0, 0.05) is 12.5 Å². The van der Waals surface area contributed by atoms with Gasteiger partial charge < -0.3 is 14.6 Å². The third-order valence-corrected chi connectivity index (χ3v) is 4.46. The van der Waals surface area contributed by atoms with Gasteiger partial charge in [0.15, 0.2) is 0 Å². The van der Waals surface area contributed by atoms with E-state index in [-0.39, 0.29) is 6.54 Å². The number of hydrogen-bond acceptors (Lipinski definition) is 4. The van der Waals surface area contributed by atoms with E-state index in [4.69, 9.17) is 4.74 Å². The van der Waals surface area contributed by atoms with Crippen LogP contribution in [0.15, 0.2) is 24.3 Å². The van der Waals surface area contributed by atoms with Crippen molar-refractivity contribution in [2.45, 2.75) is 45.4 Å². The van der Waals surface area contributed by atoms with E-state index < -0.39 is 18.0 Å². The van der Waals surface area contributed by atoms with E-state index in [1.165, 1.54) is 4.90 Å². The molecular weight excluding hydrogens is 294 g/mol. The molecule has 0 saturated carbocycles. The van der Waals surface area contributed by atoms with Crippen LogP contribution in [0.5, 0.6) is 0 Å². The fourth-order valence-electron chi connectivity index (χ4n) is 2.95. The Kier molecular flexibility index (Phi) is 6.02. The van der Waals surface area contributed by atoms with Crippen LogP contribution < -0.4 is 10.0 Å². The topological polar surface area (TPSA) is 69.7 Å². The lowest BCUT2D eigenvalue weighted by atomic mass is 10.0. The highest BCUT2D eigenvalue weighted by molar-refractivity contribution is 5.94. The highest BCUT2D eigenvalue weighted by Crippen LogP contribution is 2.36. The Labute approximate surface area is 137 Å². The predicted octanol–water partition coefficient (Wildman–Crippen LogP) is 2.69. The number of nitrogens with zero attached hydrogens (tertiary/aromatic N) is 1. The van der Waals surface area contributed by atoms with Crippen LogP contribution in [-0.4, -0.2) is 25.2 Å². The molecule has 0 aliphatic carbocycles. The first-order chi connectivity index (χ1) is 11.1. The molecule has 2 atom stereocenters. The molecule has 5 heteroatoms. The Bertz CT molecular complexity index is 558. The number of fused-ring (bicyclic) bond motifs is 1. The number of amides is 1. The van der Waals surface area contributed by atoms with E-state index in [0.717, 1.165) is 25.7 Å². The second-order valence-electron chi connectivity index (χ2n) is 6.03. The predicted molar refractivity (Wildman–Crippen MR) is 86.2 cm³/mol. The number of ether oxygens (including phenoxy) is 1. The molecule has 1 aromatic carbocycles. The smallest absolute Gasteiger partial charge is 0.414 e. The second kappa shape index (κ2) is 7.99. The molecule has 0 radical (unpaired) electrons. The minimum Gasteiger partial charge on any atom is -0.549 e. The van der Waals surface area contributed by atoms with Crippen LogP contribution in [0.1, 0.15) is 51.0 Å². The lowest BCUT2D eigenvalue weighted by molar-refractivity contribution is -0.307. The summed E-state index contributed by atoms with van der Waals surface area (Å²) in [5.41, 5.74) is 1.22. The van der Waals surface area contributed by atoms with Gasteiger partial charge in [-0.05, 0) is 24.0 Å². The maximum Gasteiger partial charge on any atom is 0.414 e. The van der Waals surface area contributed by atoms with Crippen molar-refractivity contribution in [2.24, 2.45) is 5.92 Å². The van der Waals surface area contributed by atoms with Crippen molar-refractivity contribution in [3.05, 3.63) is 29.8 Å². The number of carbonyl (C=O) groups is 2. The summed E-state index contributed by atoms with van der Waals surface area (Å²) in [6, 6.07) is 7.02. The summed E-state index contributed by atoms with van der Waals surface area (Å²) in [5, 5.41) is 11.3. The van der Waals surface area contributed by atoms with Gasteiger partial charge in [-0.25, -0.2) is 4.79 Å². The van der Waals surface area contributed by atoms with Gasteiger partial charge in [-0.1, -0.05) is 51.3 Å². The molecule has 0 spiro atoms. The van der Waals surface area contributed by atoms with E-state index in [1.807, 2.05) is 0 Å². The second-order valence-corrected chi connectivity index (χ2v) is 6.03. The summed E-state index contributed by atoms with van der Waals surface area (Å²) < 4.78 is 5.43. The van der Waals surface area contributed by atoms with Gasteiger partial charge >= 0.3 is 6.09 Å². The molecule has 0 fully saturated rings. The van der Waals surface area contributed by atoms with Crippen LogP contribution in [0.25, 0.3) is 0 Å². The first-order valence-corrected chi connectivity index (χ1v) is 8.32. The number of unbranched alkanes of at least 4 members (excludes halogenated alkanes) is 1. The van der Waals surface area contributed by atoms with Gasteiger partial charge in [0.25, 0.3) is 0 Å². The van der Waals surface area contributed by atoms with Crippen LogP contribution in [0.2, 0.25) is 0 Å². The van der Waals surface area contributed by atoms with Gasteiger partial charge in [0.2, 0.25) is 0 Å². The van der Waals surface area contributed by atoms with Crippen LogP contribution in [-0.2, 0) is 9.53 Å². The summed E-state index contributed by atoms with van der Waals surface area (Å²) in [6.07, 6.45) is 3.77. The summed E-state index contributed by atoms with van der Waals surface area (Å²) in [5.74, 6) is -1.60. The van der Waals surface area contributed by atoms with Crippen LogP contribution in [0.3, 0.4) is 0 Å². The number of aliphatic carboxylic acids is 1. The van der Waals surface area contributed by atoms with Crippen molar-refractivity contribution in [3.8, 4) is 0 Å². The summed E-state index contributed by atoms with van der Waals surface area (Å²) in [6.45, 7) is 4.68. The Morgan fingerprint density at radius 1 is 1.35 bits per heavy atom. The zero-order valence-corrected chi connectivity index (χ0v) is 13.8. The van der Waals surface area contributed by atoms with Crippen molar-refractivity contribution >= 4 is 17.7 Å². The average Bonchev–Trinajstić information content (AvgIpc) is 2.95. The van der Waals surface area contributed by atoms with Crippen molar-refractivity contribution in [1.82, 2.24) is 0 Å². The van der Waals surface area contributed by atoms with E-state index >= 15 is 0 Å². The Morgan fingerprint density at radius 2 is 2.09 bits per heavy atom. The molecule has 0 saturated heterocycles. The summed E-state index contributed by atoms with van der Waals surface area (Å²) in [4.78, 5) is 25.0. The lowest BCUT2D eigenvalue weighted by Crippen LogP contribution is -2.36. The normalized spacial score (nSPS) is 17.7. The van der Waals surface area contributed by atoms with E-state index in [0.29, 0.717) is 23.8 Å². The fraction of sp³-hybridized carbons (Fsp3) is 0.556. The number of carboxylic acid groups (broad SMARTS) is 1. The maximum absolute atomic E-state index is 12.4. The van der Waals surface area contributed by atoms with E-state index in [1.54, 1.807) is 24.3 Å². The number of rotatable bonds is 7. The van der Waals surface area contributed by atoms with Crippen molar-refractivity contribution < 1.29 is 19.4 Å². The molecular formula is C18H24NO4-. The number of anilines is 1. The number of para-hydroxylation sites is 1. The van der Waals surface area contributed by atoms with Crippen LogP contribution >= 0.6 is 0 Å². The molecule has 1 aromatic rings. The van der Waals surface area contributed by atoms with Crippen LogP contribution in [0, 0.1) is 5.92 Å². The van der Waals surface area contributed by atoms with Crippen molar-refractivity contribution in [2.75, 3.05) is 18.1 Å². The lowest BCUT2D eigenvalue weighted by Gasteiger charge is -2.20. The minimum absolute atomic E-state index is 0.0757. The molecule has 126 valence electrons. The van der Waals surface area contributed by atoms with Gasteiger partial charge in [0.1, 0.15) is 0 Å². The molecule has 5 nitrogen and oxygen atoms in total. The van der Waals surface area contributed by atoms with E-state index in [9.17, 15) is 14.7 Å². The fourth-order valence-corrected chi connectivity index (χ4v) is 2.95. The zero-order valence-electron chi connectivity index (χ0n) is 13.8. The monoisotopic (exact) mass is 318 g/mol. The van der Waals surface area contributed by atoms with Crippen molar-refractivity contribution in [3.63, 3.8) is 0 Å². The number of benzene rings is 1. The number of hydrogen-bond donors (Lipinski definition) is 0. The zero-order chi connectivity index (χ0) is 16.8. The third kappa shape index (κ3) is 4.03. The maximum atomic E-state index is 12.4. The van der Waals surface area contributed by atoms with Gasteiger partial charge in [-0.15, -0.1) is 0 Å². The average molecular weight is 318 g/mol. The largest absolute Gasteiger partial charge is 0.549 e. The quantitative estimate of drug-likeness (QED) is 0.775. The highest BCUT2D eigenvalue weighted by Gasteiger charge is 2.33. The molecule has 1 aliphatic rings. The van der Waals surface area contributed by atoms with Gasteiger partial charge in [-0.2, -0.15) is 0 Å². The molecule has 23 heavy (non-hydrogen) atoms. The Hall–Kier alpha value is -2.04. The van der Waals surface area contributed by atoms with Gasteiger partial charge in [0.05, 0.1) is 18.3 Å². The standard InChI is InChI=1S/C18H25NO4/c1-3-5-8-13(4-2)12-23-18(22)19-11-15(17(20)21)14-9-6-7-10-16(14)19/h6-7,9-10,13,15H,3-5,8,11-12H2,1-2H3,(H,20,21)/p-1. The third-order valence-electron chi connectivity index (χ3n) is 4.46. The van der Waals surface area contributed by atoms with Gasteiger partial charge in [-0.3, -0.25) is 4.90 Å². The molecule has 0 bridgehead atoms. The highest BCUT2D eigenvalue weighted by atomic mass is 16.6. The molecule has 1 heterocycles. The molecule has 1 aliphatic heterocycles. The molecule has 1 amide bonds. The van der Waals surface area contributed by atoms with Crippen molar-refractivity contribution in [1.29, 1.82) is 0 Å².